The molecule has 0 aromatic heterocycles. The van der Waals surface area contributed by atoms with Crippen molar-refractivity contribution in [2.75, 3.05) is 13.2 Å². The summed E-state index contributed by atoms with van der Waals surface area (Å²) in [6.45, 7) is 3.09. The SMILES string of the molecule is Cc1cccc(OCCC(CN)c2cccc(F)c2)c1. The standard InChI is InChI=1S/C17H20FNO/c1-13-4-2-7-17(10-13)20-9-8-15(12-19)14-5-3-6-16(18)11-14/h2-7,10-11,15H,8-9,12,19H2,1H3. The molecule has 2 rings (SSSR count). The first-order chi connectivity index (χ1) is 9.69. The van der Waals surface area contributed by atoms with Crippen LogP contribution in [0.25, 0.3) is 0 Å². The van der Waals surface area contributed by atoms with Crippen LogP contribution in [0, 0.1) is 12.7 Å². The fraction of sp³-hybridized carbons (Fsp3) is 0.294. The van der Waals surface area contributed by atoms with Gasteiger partial charge in [-0.25, -0.2) is 4.39 Å². The summed E-state index contributed by atoms with van der Waals surface area (Å²) in [5.74, 6) is 0.760. The number of halogens is 1. The van der Waals surface area contributed by atoms with Crippen LogP contribution in [0.1, 0.15) is 23.5 Å². The van der Waals surface area contributed by atoms with E-state index in [2.05, 4.69) is 0 Å². The lowest BCUT2D eigenvalue weighted by Gasteiger charge is -2.16. The first-order valence-electron chi connectivity index (χ1n) is 6.84. The van der Waals surface area contributed by atoms with E-state index >= 15 is 0 Å². The highest BCUT2D eigenvalue weighted by Crippen LogP contribution is 2.20. The van der Waals surface area contributed by atoms with E-state index < -0.39 is 0 Å². The minimum absolute atomic E-state index is 0.121. The minimum atomic E-state index is -0.222. The molecule has 20 heavy (non-hydrogen) atoms. The molecule has 2 N–H and O–H groups in total. The van der Waals surface area contributed by atoms with Gasteiger partial charge in [0.05, 0.1) is 6.61 Å². The highest BCUT2D eigenvalue weighted by Gasteiger charge is 2.10. The summed E-state index contributed by atoms with van der Waals surface area (Å²) in [6, 6.07) is 14.6. The lowest BCUT2D eigenvalue weighted by molar-refractivity contribution is 0.298. The zero-order chi connectivity index (χ0) is 14.4. The van der Waals surface area contributed by atoms with Crippen molar-refractivity contribution < 1.29 is 9.13 Å². The molecule has 106 valence electrons. The third-order valence-electron chi connectivity index (χ3n) is 3.33. The average molecular weight is 273 g/mol. The molecular weight excluding hydrogens is 253 g/mol. The second kappa shape index (κ2) is 7.06. The second-order valence-corrected chi connectivity index (χ2v) is 4.94. The van der Waals surface area contributed by atoms with Crippen LogP contribution in [-0.2, 0) is 0 Å². The van der Waals surface area contributed by atoms with E-state index in [1.165, 1.54) is 11.6 Å². The maximum Gasteiger partial charge on any atom is 0.123 e. The molecule has 2 aromatic carbocycles. The molecule has 0 saturated carbocycles. The van der Waals surface area contributed by atoms with Crippen LogP contribution in [0.5, 0.6) is 5.75 Å². The van der Waals surface area contributed by atoms with E-state index in [4.69, 9.17) is 10.5 Å². The first-order valence-corrected chi connectivity index (χ1v) is 6.84. The van der Waals surface area contributed by atoms with E-state index in [-0.39, 0.29) is 11.7 Å². The van der Waals surface area contributed by atoms with Gasteiger partial charge in [-0.1, -0.05) is 24.3 Å². The summed E-state index contributed by atoms with van der Waals surface area (Å²) in [4.78, 5) is 0. The van der Waals surface area contributed by atoms with Crippen LogP contribution in [0.4, 0.5) is 4.39 Å². The molecule has 0 heterocycles. The van der Waals surface area contributed by atoms with Gasteiger partial charge >= 0.3 is 0 Å². The maximum atomic E-state index is 13.2. The Balaban J connectivity index is 1.91. The number of rotatable bonds is 6. The summed E-state index contributed by atoms with van der Waals surface area (Å²) in [5.41, 5.74) is 7.88. The smallest absolute Gasteiger partial charge is 0.123 e. The summed E-state index contributed by atoms with van der Waals surface area (Å²) >= 11 is 0. The largest absolute Gasteiger partial charge is 0.494 e. The van der Waals surface area contributed by atoms with Gasteiger partial charge in [0.25, 0.3) is 0 Å². The highest BCUT2D eigenvalue weighted by atomic mass is 19.1. The number of hydrogen-bond donors (Lipinski definition) is 1. The Labute approximate surface area is 119 Å². The summed E-state index contributed by atoms with van der Waals surface area (Å²) in [6.07, 6.45) is 0.772. The zero-order valence-corrected chi connectivity index (χ0v) is 11.7. The van der Waals surface area contributed by atoms with Crippen molar-refractivity contribution in [2.24, 2.45) is 5.73 Å². The zero-order valence-electron chi connectivity index (χ0n) is 11.7. The lowest BCUT2D eigenvalue weighted by atomic mass is 9.96. The van der Waals surface area contributed by atoms with Crippen LogP contribution in [0.2, 0.25) is 0 Å². The molecule has 3 heteroatoms. The van der Waals surface area contributed by atoms with Gasteiger partial charge in [0.1, 0.15) is 11.6 Å². The van der Waals surface area contributed by atoms with Gasteiger partial charge in [0.2, 0.25) is 0 Å². The van der Waals surface area contributed by atoms with Crippen molar-refractivity contribution in [3.8, 4) is 5.75 Å². The van der Waals surface area contributed by atoms with Crippen LogP contribution < -0.4 is 10.5 Å². The molecule has 0 spiro atoms. The Morgan fingerprint density at radius 3 is 2.65 bits per heavy atom. The van der Waals surface area contributed by atoms with Crippen molar-refractivity contribution in [3.63, 3.8) is 0 Å². The van der Waals surface area contributed by atoms with Gasteiger partial charge in [0.15, 0.2) is 0 Å². The Kier molecular flexibility index (Phi) is 5.13. The van der Waals surface area contributed by atoms with Gasteiger partial charge in [-0.3, -0.25) is 0 Å². The average Bonchev–Trinajstić information content (AvgIpc) is 2.44. The third-order valence-corrected chi connectivity index (χ3v) is 3.33. The molecule has 2 aromatic rings. The summed E-state index contributed by atoms with van der Waals surface area (Å²) in [7, 11) is 0. The van der Waals surface area contributed by atoms with Crippen molar-refractivity contribution in [3.05, 3.63) is 65.5 Å². The monoisotopic (exact) mass is 273 g/mol. The van der Waals surface area contributed by atoms with Gasteiger partial charge in [-0.05, 0) is 61.2 Å². The molecule has 0 bridgehead atoms. The minimum Gasteiger partial charge on any atom is -0.494 e. The van der Waals surface area contributed by atoms with Crippen molar-refractivity contribution in [2.45, 2.75) is 19.3 Å². The number of aryl methyl sites for hydroxylation is 1. The van der Waals surface area contributed by atoms with E-state index in [9.17, 15) is 4.39 Å². The molecule has 0 radical (unpaired) electrons. The molecule has 0 saturated heterocycles. The third kappa shape index (κ3) is 4.07. The molecule has 0 amide bonds. The first kappa shape index (κ1) is 14.5. The molecule has 0 fully saturated rings. The number of benzene rings is 2. The molecular formula is C17H20FNO. The van der Waals surface area contributed by atoms with Gasteiger partial charge in [0, 0.05) is 0 Å². The molecule has 0 aliphatic heterocycles. The Morgan fingerprint density at radius 1 is 1.15 bits per heavy atom. The van der Waals surface area contributed by atoms with E-state index in [0.717, 1.165) is 17.7 Å². The maximum absolute atomic E-state index is 13.2. The van der Waals surface area contributed by atoms with Crippen LogP contribution in [0.15, 0.2) is 48.5 Å². The van der Waals surface area contributed by atoms with Crippen molar-refractivity contribution in [1.82, 2.24) is 0 Å². The molecule has 2 nitrogen and oxygen atoms in total. The van der Waals surface area contributed by atoms with E-state index in [1.807, 2.05) is 37.3 Å². The predicted octanol–water partition coefficient (Wildman–Crippen LogP) is 3.65. The molecule has 1 unspecified atom stereocenters. The topological polar surface area (TPSA) is 35.2 Å². The number of nitrogens with two attached hydrogens (primary N) is 1. The summed E-state index contributed by atoms with van der Waals surface area (Å²) in [5, 5.41) is 0. The van der Waals surface area contributed by atoms with Crippen LogP contribution >= 0.6 is 0 Å². The molecule has 1 atom stereocenters. The Hall–Kier alpha value is -1.87. The fourth-order valence-corrected chi connectivity index (χ4v) is 2.21. The Bertz CT molecular complexity index is 556. The molecule has 0 aliphatic carbocycles. The number of ether oxygens (including phenoxy) is 1. The van der Waals surface area contributed by atoms with Gasteiger partial charge in [-0.15, -0.1) is 0 Å². The second-order valence-electron chi connectivity index (χ2n) is 4.94. The highest BCUT2D eigenvalue weighted by molar-refractivity contribution is 5.27. The quantitative estimate of drug-likeness (QED) is 0.872. The van der Waals surface area contributed by atoms with Gasteiger partial charge < -0.3 is 10.5 Å². The Morgan fingerprint density at radius 2 is 1.95 bits per heavy atom. The van der Waals surface area contributed by atoms with Gasteiger partial charge in [-0.2, -0.15) is 0 Å². The summed E-state index contributed by atoms with van der Waals surface area (Å²) < 4.78 is 18.9. The van der Waals surface area contributed by atoms with Crippen molar-refractivity contribution in [1.29, 1.82) is 0 Å². The van der Waals surface area contributed by atoms with E-state index in [1.54, 1.807) is 12.1 Å². The van der Waals surface area contributed by atoms with Crippen LogP contribution in [0.3, 0.4) is 0 Å². The molecule has 0 aliphatic rings. The fourth-order valence-electron chi connectivity index (χ4n) is 2.21. The number of hydrogen-bond acceptors (Lipinski definition) is 2. The van der Waals surface area contributed by atoms with Crippen LogP contribution in [-0.4, -0.2) is 13.2 Å². The normalized spacial score (nSPS) is 12.2. The predicted molar refractivity (Wildman–Crippen MR) is 79.5 cm³/mol. The van der Waals surface area contributed by atoms with E-state index in [0.29, 0.717) is 13.2 Å². The van der Waals surface area contributed by atoms with Crippen molar-refractivity contribution >= 4 is 0 Å². The lowest BCUT2D eigenvalue weighted by Crippen LogP contribution is -2.15.